The van der Waals surface area contributed by atoms with Gasteiger partial charge in [0.2, 0.25) is 0 Å². The molecular formula is C22H11Cl2N3O4S2. The van der Waals surface area contributed by atoms with Crippen LogP contribution in [0.2, 0.25) is 10.0 Å². The number of benzene rings is 3. The fourth-order valence-corrected chi connectivity index (χ4v) is 5.81. The number of imide groups is 1. The Labute approximate surface area is 205 Å². The van der Waals surface area contributed by atoms with Gasteiger partial charge >= 0.3 is 0 Å². The maximum Gasteiger partial charge on any atom is 0.270 e. The fourth-order valence-electron chi connectivity index (χ4n) is 3.44. The molecule has 11 heteroatoms. The molecule has 0 fully saturated rings. The number of thioether (sulfide) groups is 1. The molecule has 0 atom stereocenters. The van der Waals surface area contributed by atoms with Gasteiger partial charge in [-0.2, -0.15) is 0 Å². The number of nitro benzene ring substituents is 1. The van der Waals surface area contributed by atoms with Crippen molar-refractivity contribution in [1.82, 2.24) is 4.98 Å². The number of rotatable bonds is 5. The minimum Gasteiger partial charge on any atom is -0.268 e. The van der Waals surface area contributed by atoms with Gasteiger partial charge in [0.1, 0.15) is 0 Å². The molecule has 3 aromatic carbocycles. The Hall–Kier alpha value is -2.98. The standard InChI is InChI=1S/C22H11Cl2N3O4S2/c23-16-5-1-11(7-17(16)24)10-32-22-25-18-6-3-12(9-19(18)33-22)26-20(28)14-4-2-13(27(30)31)8-15(14)21(26)29/h1-9H,10H2. The zero-order valence-corrected chi connectivity index (χ0v) is 19.6. The Morgan fingerprint density at radius 2 is 1.76 bits per heavy atom. The molecule has 0 aliphatic carbocycles. The number of non-ortho nitro benzene ring substituents is 1. The predicted octanol–water partition coefficient (Wildman–Crippen LogP) is 6.60. The SMILES string of the molecule is O=C1c2ccc([N+](=O)[O-])cc2C(=O)N1c1ccc2nc(SCc3ccc(Cl)c(Cl)c3)sc2c1. The summed E-state index contributed by atoms with van der Waals surface area (Å²) in [5, 5.41) is 12.0. The van der Waals surface area contributed by atoms with Crippen molar-refractivity contribution in [2.45, 2.75) is 10.1 Å². The van der Waals surface area contributed by atoms with Gasteiger partial charge in [0.25, 0.3) is 17.5 Å². The number of aromatic nitrogens is 1. The summed E-state index contributed by atoms with van der Waals surface area (Å²) < 4.78 is 1.64. The van der Waals surface area contributed by atoms with Gasteiger partial charge in [0, 0.05) is 17.9 Å². The summed E-state index contributed by atoms with van der Waals surface area (Å²) in [6.07, 6.45) is 0. The zero-order chi connectivity index (χ0) is 23.3. The molecule has 0 saturated heterocycles. The summed E-state index contributed by atoms with van der Waals surface area (Å²) in [5.74, 6) is -0.444. The van der Waals surface area contributed by atoms with Gasteiger partial charge in [-0.1, -0.05) is 41.0 Å². The van der Waals surface area contributed by atoms with Gasteiger partial charge in [-0.3, -0.25) is 19.7 Å². The van der Waals surface area contributed by atoms with Crippen molar-refractivity contribution in [2.75, 3.05) is 4.90 Å². The molecule has 2 amide bonds. The van der Waals surface area contributed by atoms with Crippen LogP contribution in [0.3, 0.4) is 0 Å². The lowest BCUT2D eigenvalue weighted by Crippen LogP contribution is -2.29. The minimum absolute atomic E-state index is 0.0245. The fraction of sp³-hybridized carbons (Fsp3) is 0.0455. The Morgan fingerprint density at radius 3 is 2.52 bits per heavy atom. The Balaban J connectivity index is 1.40. The summed E-state index contributed by atoms with van der Waals surface area (Å²) in [6.45, 7) is 0. The second-order valence-electron chi connectivity index (χ2n) is 7.10. The lowest BCUT2D eigenvalue weighted by molar-refractivity contribution is -0.384. The number of carbonyl (C=O) groups is 2. The van der Waals surface area contributed by atoms with E-state index >= 15 is 0 Å². The van der Waals surface area contributed by atoms with E-state index in [9.17, 15) is 19.7 Å². The van der Waals surface area contributed by atoms with Crippen LogP contribution in [0.25, 0.3) is 10.2 Å². The number of hydrogen-bond acceptors (Lipinski definition) is 7. The number of anilines is 1. The number of nitrogens with zero attached hydrogens (tertiary/aromatic N) is 3. The van der Waals surface area contributed by atoms with Crippen molar-refractivity contribution in [1.29, 1.82) is 0 Å². The number of thiazole rings is 1. The minimum atomic E-state index is -0.596. The summed E-state index contributed by atoms with van der Waals surface area (Å²) in [5.41, 5.74) is 2.07. The van der Waals surface area contributed by atoms with Crippen LogP contribution in [-0.4, -0.2) is 21.7 Å². The second kappa shape index (κ2) is 8.42. The molecule has 0 bridgehead atoms. The van der Waals surface area contributed by atoms with Gasteiger partial charge in [-0.05, 0) is 42.0 Å². The van der Waals surface area contributed by atoms with Crippen LogP contribution < -0.4 is 4.90 Å². The summed E-state index contributed by atoms with van der Waals surface area (Å²) in [6, 6.07) is 14.3. The Kier molecular flexibility index (Phi) is 5.57. The quantitative estimate of drug-likeness (QED) is 0.128. The molecule has 0 saturated carbocycles. The van der Waals surface area contributed by atoms with E-state index in [-0.39, 0.29) is 16.8 Å². The van der Waals surface area contributed by atoms with Gasteiger partial charge in [0.05, 0.1) is 42.0 Å². The van der Waals surface area contributed by atoms with Crippen LogP contribution in [0.1, 0.15) is 26.3 Å². The van der Waals surface area contributed by atoms with Crippen LogP contribution in [0.5, 0.6) is 0 Å². The maximum atomic E-state index is 12.9. The molecule has 1 aromatic heterocycles. The number of nitro groups is 1. The molecule has 0 radical (unpaired) electrons. The first-order chi connectivity index (χ1) is 15.8. The number of halogens is 2. The second-order valence-corrected chi connectivity index (χ2v) is 10.2. The molecule has 2 heterocycles. The number of amides is 2. The van der Waals surface area contributed by atoms with Crippen molar-refractivity contribution >= 4 is 79.7 Å². The molecule has 1 aliphatic heterocycles. The Bertz CT molecular complexity index is 1490. The monoisotopic (exact) mass is 515 g/mol. The molecule has 0 unspecified atom stereocenters. The van der Waals surface area contributed by atoms with E-state index in [1.54, 1.807) is 36.0 Å². The number of hydrogen-bond donors (Lipinski definition) is 0. The molecule has 7 nitrogen and oxygen atoms in total. The van der Waals surface area contributed by atoms with Crippen LogP contribution in [0, 0.1) is 10.1 Å². The topological polar surface area (TPSA) is 93.4 Å². The normalized spacial score (nSPS) is 13.1. The van der Waals surface area contributed by atoms with E-state index in [2.05, 4.69) is 4.98 Å². The van der Waals surface area contributed by atoms with Crippen molar-refractivity contribution < 1.29 is 14.5 Å². The smallest absolute Gasteiger partial charge is 0.268 e. The van der Waals surface area contributed by atoms with E-state index in [1.165, 1.54) is 23.5 Å². The first kappa shape index (κ1) is 21.8. The van der Waals surface area contributed by atoms with Crippen LogP contribution in [0.15, 0.2) is 58.9 Å². The third kappa shape index (κ3) is 3.97. The van der Waals surface area contributed by atoms with Gasteiger partial charge in [-0.25, -0.2) is 9.88 Å². The molecule has 5 rings (SSSR count). The highest BCUT2D eigenvalue weighted by atomic mass is 35.5. The molecule has 4 aromatic rings. The molecule has 1 aliphatic rings. The summed E-state index contributed by atoms with van der Waals surface area (Å²) in [7, 11) is 0. The Morgan fingerprint density at radius 1 is 0.970 bits per heavy atom. The highest BCUT2D eigenvalue weighted by molar-refractivity contribution is 8.00. The average Bonchev–Trinajstić information content (AvgIpc) is 3.32. The van der Waals surface area contributed by atoms with Crippen molar-refractivity contribution in [2.24, 2.45) is 0 Å². The van der Waals surface area contributed by atoms with Gasteiger partial charge in [-0.15, -0.1) is 11.3 Å². The van der Waals surface area contributed by atoms with E-state index in [4.69, 9.17) is 23.2 Å². The van der Waals surface area contributed by atoms with E-state index in [0.29, 0.717) is 21.5 Å². The van der Waals surface area contributed by atoms with Crippen molar-refractivity contribution in [3.63, 3.8) is 0 Å². The first-order valence-corrected chi connectivity index (χ1v) is 12.0. The van der Waals surface area contributed by atoms with Crippen LogP contribution in [0.4, 0.5) is 11.4 Å². The average molecular weight is 516 g/mol. The van der Waals surface area contributed by atoms with Gasteiger partial charge < -0.3 is 0 Å². The van der Waals surface area contributed by atoms with Crippen LogP contribution in [-0.2, 0) is 5.75 Å². The highest BCUT2D eigenvalue weighted by Gasteiger charge is 2.38. The maximum absolute atomic E-state index is 12.9. The van der Waals surface area contributed by atoms with Crippen molar-refractivity contribution in [3.8, 4) is 0 Å². The molecular weight excluding hydrogens is 505 g/mol. The predicted molar refractivity (Wildman–Crippen MR) is 130 cm³/mol. The molecule has 164 valence electrons. The number of fused-ring (bicyclic) bond motifs is 2. The third-order valence-corrected chi connectivity index (χ3v) is 8.01. The summed E-state index contributed by atoms with van der Waals surface area (Å²) >= 11 is 15.0. The van der Waals surface area contributed by atoms with E-state index in [0.717, 1.165) is 31.1 Å². The zero-order valence-electron chi connectivity index (χ0n) is 16.5. The van der Waals surface area contributed by atoms with E-state index in [1.807, 2.05) is 12.1 Å². The highest BCUT2D eigenvalue weighted by Crippen LogP contribution is 2.37. The summed E-state index contributed by atoms with van der Waals surface area (Å²) in [4.78, 5) is 41.8. The van der Waals surface area contributed by atoms with Crippen LogP contribution >= 0.6 is 46.3 Å². The molecule has 0 N–H and O–H groups in total. The largest absolute Gasteiger partial charge is 0.270 e. The first-order valence-electron chi connectivity index (χ1n) is 9.46. The molecule has 0 spiro atoms. The number of carbonyl (C=O) groups excluding carboxylic acids is 2. The lowest BCUT2D eigenvalue weighted by atomic mass is 10.1. The lowest BCUT2D eigenvalue weighted by Gasteiger charge is -2.13. The molecule has 33 heavy (non-hydrogen) atoms. The van der Waals surface area contributed by atoms with Gasteiger partial charge in [0.15, 0.2) is 4.34 Å². The van der Waals surface area contributed by atoms with Crippen molar-refractivity contribution in [3.05, 3.63) is 91.4 Å². The van der Waals surface area contributed by atoms with E-state index < -0.39 is 16.7 Å². The third-order valence-electron chi connectivity index (χ3n) is 5.04.